The SMILES string of the molecule is COCCNC(=O)COCCc1ccc2sccc2c1. The molecule has 0 unspecified atom stereocenters. The average Bonchev–Trinajstić information content (AvgIpc) is 2.91. The molecule has 0 saturated carbocycles. The molecule has 108 valence electrons. The molecule has 0 aliphatic rings. The van der Waals surface area contributed by atoms with Crippen molar-refractivity contribution in [3.63, 3.8) is 0 Å². The quantitative estimate of drug-likeness (QED) is 0.759. The molecule has 0 saturated heterocycles. The number of ether oxygens (including phenoxy) is 2. The molecule has 1 aromatic heterocycles. The first-order valence-corrected chi connectivity index (χ1v) is 7.47. The van der Waals surface area contributed by atoms with Crippen molar-refractivity contribution in [1.29, 1.82) is 0 Å². The fourth-order valence-electron chi connectivity index (χ4n) is 1.87. The molecule has 0 aliphatic heterocycles. The average molecular weight is 293 g/mol. The van der Waals surface area contributed by atoms with Gasteiger partial charge in [0, 0.05) is 18.4 Å². The number of carbonyl (C=O) groups is 1. The molecule has 20 heavy (non-hydrogen) atoms. The second-order valence-corrected chi connectivity index (χ2v) is 5.39. The molecule has 5 heteroatoms. The Kier molecular flexibility index (Phi) is 5.98. The first-order valence-electron chi connectivity index (χ1n) is 6.59. The lowest BCUT2D eigenvalue weighted by Crippen LogP contribution is -2.30. The van der Waals surface area contributed by atoms with Crippen LogP contribution in [0.5, 0.6) is 0 Å². The zero-order chi connectivity index (χ0) is 14.2. The summed E-state index contributed by atoms with van der Waals surface area (Å²) in [6, 6.07) is 8.54. The van der Waals surface area contributed by atoms with E-state index in [-0.39, 0.29) is 12.5 Å². The van der Waals surface area contributed by atoms with Crippen LogP contribution in [0.3, 0.4) is 0 Å². The molecule has 4 nitrogen and oxygen atoms in total. The number of hydrogen-bond donors (Lipinski definition) is 1. The molecular weight excluding hydrogens is 274 g/mol. The minimum atomic E-state index is -0.102. The third kappa shape index (κ3) is 4.59. The Morgan fingerprint density at radius 3 is 3.05 bits per heavy atom. The predicted octanol–water partition coefficient (Wildman–Crippen LogP) is 2.22. The van der Waals surface area contributed by atoms with Gasteiger partial charge in [-0.3, -0.25) is 4.79 Å². The lowest BCUT2D eigenvalue weighted by molar-refractivity contribution is -0.125. The van der Waals surface area contributed by atoms with Gasteiger partial charge in [0.1, 0.15) is 6.61 Å². The molecule has 0 atom stereocenters. The molecule has 1 N–H and O–H groups in total. The molecule has 2 rings (SSSR count). The van der Waals surface area contributed by atoms with Gasteiger partial charge >= 0.3 is 0 Å². The molecule has 0 radical (unpaired) electrons. The van der Waals surface area contributed by atoms with Gasteiger partial charge in [0.2, 0.25) is 5.91 Å². The first-order chi connectivity index (χ1) is 9.79. The molecule has 1 amide bonds. The molecule has 1 aromatic carbocycles. The Morgan fingerprint density at radius 1 is 1.30 bits per heavy atom. The Hall–Kier alpha value is -1.43. The highest BCUT2D eigenvalue weighted by molar-refractivity contribution is 7.17. The van der Waals surface area contributed by atoms with E-state index in [1.165, 1.54) is 15.6 Å². The summed E-state index contributed by atoms with van der Waals surface area (Å²) in [5.41, 5.74) is 1.23. The Balaban J connectivity index is 1.66. The number of benzene rings is 1. The van der Waals surface area contributed by atoms with Crippen LogP contribution in [0.2, 0.25) is 0 Å². The summed E-state index contributed by atoms with van der Waals surface area (Å²) >= 11 is 1.74. The maximum absolute atomic E-state index is 11.4. The summed E-state index contributed by atoms with van der Waals surface area (Å²) in [5.74, 6) is -0.102. The second kappa shape index (κ2) is 7.99. The van der Waals surface area contributed by atoms with Crippen molar-refractivity contribution < 1.29 is 14.3 Å². The van der Waals surface area contributed by atoms with Crippen LogP contribution >= 0.6 is 11.3 Å². The van der Waals surface area contributed by atoms with Crippen molar-refractivity contribution in [3.05, 3.63) is 35.2 Å². The van der Waals surface area contributed by atoms with Gasteiger partial charge in [0.25, 0.3) is 0 Å². The van der Waals surface area contributed by atoms with Gasteiger partial charge in [-0.2, -0.15) is 0 Å². The monoisotopic (exact) mass is 293 g/mol. The highest BCUT2D eigenvalue weighted by atomic mass is 32.1. The zero-order valence-electron chi connectivity index (χ0n) is 11.6. The lowest BCUT2D eigenvalue weighted by Gasteiger charge is -2.06. The molecule has 0 aliphatic carbocycles. The zero-order valence-corrected chi connectivity index (χ0v) is 12.4. The van der Waals surface area contributed by atoms with Crippen molar-refractivity contribution in [3.8, 4) is 0 Å². The lowest BCUT2D eigenvalue weighted by atomic mass is 10.1. The van der Waals surface area contributed by atoms with Crippen LogP contribution in [0.4, 0.5) is 0 Å². The maximum Gasteiger partial charge on any atom is 0.246 e. The fourth-order valence-corrected chi connectivity index (χ4v) is 2.64. The van der Waals surface area contributed by atoms with E-state index in [0.717, 1.165) is 6.42 Å². The van der Waals surface area contributed by atoms with Crippen LogP contribution in [0, 0.1) is 0 Å². The van der Waals surface area contributed by atoms with Crippen LogP contribution in [0.1, 0.15) is 5.56 Å². The number of fused-ring (bicyclic) bond motifs is 1. The molecule has 0 bridgehead atoms. The molecule has 2 aromatic rings. The smallest absolute Gasteiger partial charge is 0.246 e. The third-order valence-electron chi connectivity index (χ3n) is 2.91. The molecule has 0 fully saturated rings. The van der Waals surface area contributed by atoms with Crippen LogP contribution in [-0.2, 0) is 20.7 Å². The number of hydrogen-bond acceptors (Lipinski definition) is 4. The van der Waals surface area contributed by atoms with Crippen LogP contribution < -0.4 is 5.32 Å². The Labute approximate surface area is 122 Å². The minimum Gasteiger partial charge on any atom is -0.383 e. The van der Waals surface area contributed by atoms with Crippen molar-refractivity contribution >= 4 is 27.3 Å². The number of amides is 1. The maximum atomic E-state index is 11.4. The summed E-state index contributed by atoms with van der Waals surface area (Å²) in [7, 11) is 1.60. The van der Waals surface area contributed by atoms with Crippen LogP contribution in [-0.4, -0.2) is 39.4 Å². The molecule has 0 spiro atoms. The van der Waals surface area contributed by atoms with Gasteiger partial charge in [0.15, 0.2) is 0 Å². The number of methoxy groups -OCH3 is 1. The van der Waals surface area contributed by atoms with Gasteiger partial charge in [-0.1, -0.05) is 12.1 Å². The summed E-state index contributed by atoms with van der Waals surface area (Å²) in [4.78, 5) is 11.4. The van der Waals surface area contributed by atoms with Crippen LogP contribution in [0.15, 0.2) is 29.6 Å². The highest BCUT2D eigenvalue weighted by Crippen LogP contribution is 2.21. The predicted molar refractivity (Wildman–Crippen MR) is 81.2 cm³/mol. The number of thiophene rings is 1. The largest absolute Gasteiger partial charge is 0.383 e. The van der Waals surface area contributed by atoms with Gasteiger partial charge < -0.3 is 14.8 Å². The standard InChI is InChI=1S/C15H19NO3S/c1-18-8-6-16-15(17)11-19-7-4-12-2-3-14-13(10-12)5-9-20-14/h2-3,5,9-10H,4,6-8,11H2,1H3,(H,16,17). The molecule has 1 heterocycles. The van der Waals surface area contributed by atoms with E-state index < -0.39 is 0 Å². The fraction of sp³-hybridized carbons (Fsp3) is 0.400. The van der Waals surface area contributed by atoms with Gasteiger partial charge in [0.05, 0.1) is 13.2 Å². The summed E-state index contributed by atoms with van der Waals surface area (Å²) in [5, 5.41) is 6.08. The van der Waals surface area contributed by atoms with E-state index >= 15 is 0 Å². The number of rotatable bonds is 8. The summed E-state index contributed by atoms with van der Waals surface area (Å²) in [6.07, 6.45) is 0.817. The van der Waals surface area contributed by atoms with Gasteiger partial charge in [-0.15, -0.1) is 11.3 Å². The Morgan fingerprint density at radius 2 is 2.20 bits per heavy atom. The topological polar surface area (TPSA) is 47.6 Å². The van der Waals surface area contributed by atoms with E-state index in [0.29, 0.717) is 19.8 Å². The van der Waals surface area contributed by atoms with E-state index in [1.54, 1.807) is 18.4 Å². The number of carbonyl (C=O) groups excluding carboxylic acids is 1. The summed E-state index contributed by atoms with van der Waals surface area (Å²) < 4.78 is 11.5. The van der Waals surface area contributed by atoms with Crippen molar-refractivity contribution in [2.24, 2.45) is 0 Å². The van der Waals surface area contributed by atoms with Crippen molar-refractivity contribution in [1.82, 2.24) is 5.32 Å². The van der Waals surface area contributed by atoms with Crippen molar-refractivity contribution in [2.75, 3.05) is 33.5 Å². The van der Waals surface area contributed by atoms with E-state index in [9.17, 15) is 4.79 Å². The third-order valence-corrected chi connectivity index (χ3v) is 3.81. The first kappa shape index (κ1) is 15.0. The van der Waals surface area contributed by atoms with E-state index in [1.807, 2.05) is 0 Å². The number of nitrogens with one attached hydrogen (secondary N) is 1. The van der Waals surface area contributed by atoms with E-state index in [2.05, 4.69) is 35.0 Å². The minimum absolute atomic E-state index is 0.102. The van der Waals surface area contributed by atoms with Gasteiger partial charge in [-0.05, 0) is 34.9 Å². The van der Waals surface area contributed by atoms with E-state index in [4.69, 9.17) is 9.47 Å². The summed E-state index contributed by atoms with van der Waals surface area (Å²) in [6.45, 7) is 1.69. The highest BCUT2D eigenvalue weighted by Gasteiger charge is 2.01. The normalized spacial score (nSPS) is 10.8. The second-order valence-electron chi connectivity index (χ2n) is 4.44. The molecular formula is C15H19NO3S. The van der Waals surface area contributed by atoms with Crippen molar-refractivity contribution in [2.45, 2.75) is 6.42 Å². The van der Waals surface area contributed by atoms with Crippen LogP contribution in [0.25, 0.3) is 10.1 Å². The Bertz CT molecular complexity index is 553. The van der Waals surface area contributed by atoms with Gasteiger partial charge in [-0.25, -0.2) is 0 Å².